The zero-order valence-electron chi connectivity index (χ0n) is 11.1. The van der Waals surface area contributed by atoms with Crippen LogP contribution in [-0.2, 0) is 4.43 Å². The van der Waals surface area contributed by atoms with Crippen molar-refractivity contribution >= 4 is 10.5 Å². The zero-order valence-corrected chi connectivity index (χ0v) is 13.1. The fraction of sp³-hybridized carbons (Fsp3) is 1.00. The Labute approximate surface area is 93.2 Å². The minimum absolute atomic E-state index is 0.328. The minimum Gasteiger partial charge on any atom is -0.424 e. The average molecular weight is 216 g/mol. The van der Waals surface area contributed by atoms with Crippen molar-refractivity contribution in [3.8, 4) is 0 Å². The van der Waals surface area contributed by atoms with Crippen LogP contribution in [0.15, 0.2) is 0 Å². The van der Waals surface area contributed by atoms with Gasteiger partial charge in [0.2, 0.25) is 0 Å². The summed E-state index contributed by atoms with van der Waals surface area (Å²) in [5.74, 6) is 0. The second-order valence-electron chi connectivity index (χ2n) is 5.79. The van der Waals surface area contributed by atoms with Gasteiger partial charge in [-0.15, -0.1) is 0 Å². The van der Waals surface area contributed by atoms with Crippen LogP contribution in [-0.4, -0.2) is 16.6 Å². The Balaban J connectivity index is 4.44. The smallest absolute Gasteiger partial charge is 0.146 e. The first kappa shape index (κ1) is 14.2. The first-order valence-electron chi connectivity index (χ1n) is 5.82. The minimum atomic E-state index is 0.328. The Morgan fingerprint density at radius 3 is 1.86 bits per heavy atom. The molecule has 0 aliphatic rings. The second kappa shape index (κ2) is 5.31. The van der Waals surface area contributed by atoms with Gasteiger partial charge in [-0.2, -0.15) is 0 Å². The van der Waals surface area contributed by atoms with Crippen molar-refractivity contribution < 1.29 is 4.43 Å². The van der Waals surface area contributed by atoms with E-state index in [0.29, 0.717) is 16.9 Å². The van der Waals surface area contributed by atoms with E-state index in [9.17, 15) is 0 Å². The van der Waals surface area contributed by atoms with E-state index in [4.69, 9.17) is 4.43 Å². The molecule has 2 heteroatoms. The standard InChI is InChI=1S/C12H28OSi/c1-7-11(3,4)9-10(13-14)12(5,6)8-2/h10H,7-9H2,1-6,14H3. The summed E-state index contributed by atoms with van der Waals surface area (Å²) in [5.41, 5.74) is 0.746. The van der Waals surface area contributed by atoms with E-state index in [2.05, 4.69) is 41.5 Å². The van der Waals surface area contributed by atoms with Gasteiger partial charge in [-0.1, -0.05) is 48.0 Å². The first-order chi connectivity index (χ1) is 6.29. The number of hydrogen-bond donors (Lipinski definition) is 0. The largest absolute Gasteiger partial charge is 0.424 e. The maximum atomic E-state index is 5.78. The summed E-state index contributed by atoms with van der Waals surface area (Å²) in [7, 11) is 0.854. The van der Waals surface area contributed by atoms with Gasteiger partial charge in [0.25, 0.3) is 0 Å². The molecule has 0 fully saturated rings. The van der Waals surface area contributed by atoms with E-state index >= 15 is 0 Å². The molecule has 0 aliphatic carbocycles. The van der Waals surface area contributed by atoms with Crippen molar-refractivity contribution in [3.63, 3.8) is 0 Å². The molecule has 0 aromatic heterocycles. The van der Waals surface area contributed by atoms with Gasteiger partial charge in [0.15, 0.2) is 0 Å². The van der Waals surface area contributed by atoms with Gasteiger partial charge in [0.1, 0.15) is 10.5 Å². The van der Waals surface area contributed by atoms with Gasteiger partial charge < -0.3 is 4.43 Å². The summed E-state index contributed by atoms with van der Waals surface area (Å²) >= 11 is 0. The summed E-state index contributed by atoms with van der Waals surface area (Å²) < 4.78 is 5.78. The highest BCUT2D eigenvalue weighted by Crippen LogP contribution is 2.36. The molecule has 0 aliphatic heterocycles. The van der Waals surface area contributed by atoms with Crippen LogP contribution in [0.1, 0.15) is 60.8 Å². The van der Waals surface area contributed by atoms with Crippen molar-refractivity contribution in [2.45, 2.75) is 66.9 Å². The highest BCUT2D eigenvalue weighted by molar-refractivity contribution is 5.98. The predicted octanol–water partition coefficient (Wildman–Crippen LogP) is 2.91. The third kappa shape index (κ3) is 4.14. The topological polar surface area (TPSA) is 9.23 Å². The fourth-order valence-electron chi connectivity index (χ4n) is 1.55. The van der Waals surface area contributed by atoms with E-state index in [1.807, 2.05) is 0 Å². The Morgan fingerprint density at radius 1 is 1.07 bits per heavy atom. The van der Waals surface area contributed by atoms with Gasteiger partial charge >= 0.3 is 0 Å². The van der Waals surface area contributed by atoms with Crippen molar-refractivity contribution in [2.75, 3.05) is 0 Å². The summed E-state index contributed by atoms with van der Waals surface area (Å²) in [6, 6.07) is 0. The molecule has 14 heavy (non-hydrogen) atoms. The van der Waals surface area contributed by atoms with Crippen molar-refractivity contribution in [3.05, 3.63) is 0 Å². The van der Waals surface area contributed by atoms with Crippen LogP contribution in [0.4, 0.5) is 0 Å². The third-order valence-electron chi connectivity index (χ3n) is 3.76. The average Bonchev–Trinajstić information content (AvgIpc) is 2.14. The van der Waals surface area contributed by atoms with E-state index < -0.39 is 0 Å². The van der Waals surface area contributed by atoms with Crippen molar-refractivity contribution in [1.29, 1.82) is 0 Å². The quantitative estimate of drug-likeness (QED) is 0.620. The van der Waals surface area contributed by atoms with Crippen LogP contribution in [0.25, 0.3) is 0 Å². The maximum Gasteiger partial charge on any atom is 0.146 e. The SMILES string of the molecule is CCC(C)(C)CC(O[SiH3])C(C)(C)CC. The zero-order chi connectivity index (χ0) is 11.4. The molecule has 1 unspecified atom stereocenters. The van der Waals surface area contributed by atoms with Crippen LogP contribution in [0, 0.1) is 10.8 Å². The monoisotopic (exact) mass is 216 g/mol. The van der Waals surface area contributed by atoms with Crippen LogP contribution in [0.5, 0.6) is 0 Å². The van der Waals surface area contributed by atoms with Gasteiger partial charge in [-0.25, -0.2) is 0 Å². The van der Waals surface area contributed by atoms with Crippen LogP contribution >= 0.6 is 0 Å². The van der Waals surface area contributed by atoms with Gasteiger partial charge in [0, 0.05) is 6.10 Å². The molecule has 0 spiro atoms. The van der Waals surface area contributed by atoms with Gasteiger partial charge in [0.05, 0.1) is 0 Å². The summed E-state index contributed by atoms with van der Waals surface area (Å²) in [4.78, 5) is 0. The second-order valence-corrected chi connectivity index (χ2v) is 6.26. The van der Waals surface area contributed by atoms with Crippen molar-refractivity contribution in [1.82, 2.24) is 0 Å². The fourth-order valence-corrected chi connectivity index (χ4v) is 2.36. The lowest BCUT2D eigenvalue weighted by Crippen LogP contribution is -2.35. The summed E-state index contributed by atoms with van der Waals surface area (Å²) in [6.07, 6.45) is 4.05. The molecule has 0 saturated carbocycles. The molecule has 0 heterocycles. The van der Waals surface area contributed by atoms with E-state index in [0.717, 1.165) is 10.5 Å². The summed E-state index contributed by atoms with van der Waals surface area (Å²) in [5, 5.41) is 0. The predicted molar refractivity (Wildman–Crippen MR) is 67.6 cm³/mol. The summed E-state index contributed by atoms with van der Waals surface area (Å²) in [6.45, 7) is 13.8. The molecule has 0 saturated heterocycles. The molecular weight excluding hydrogens is 188 g/mol. The van der Waals surface area contributed by atoms with Crippen LogP contribution in [0.2, 0.25) is 0 Å². The Hall–Kier alpha value is 0.177. The lowest BCUT2D eigenvalue weighted by atomic mass is 9.74. The lowest BCUT2D eigenvalue weighted by molar-refractivity contribution is 0.0375. The van der Waals surface area contributed by atoms with E-state index in [1.54, 1.807) is 0 Å². The van der Waals surface area contributed by atoms with E-state index in [1.165, 1.54) is 19.3 Å². The molecule has 0 bridgehead atoms. The van der Waals surface area contributed by atoms with Gasteiger partial charge in [-0.05, 0) is 23.7 Å². The number of hydrogen-bond acceptors (Lipinski definition) is 1. The molecule has 0 rings (SSSR count). The third-order valence-corrected chi connectivity index (χ3v) is 4.33. The molecule has 1 nitrogen and oxygen atoms in total. The molecule has 0 aromatic carbocycles. The molecule has 1 atom stereocenters. The Morgan fingerprint density at radius 2 is 1.57 bits per heavy atom. The van der Waals surface area contributed by atoms with Crippen LogP contribution in [0.3, 0.4) is 0 Å². The lowest BCUT2D eigenvalue weighted by Gasteiger charge is -2.38. The molecule has 0 radical (unpaired) electrons. The molecule has 0 N–H and O–H groups in total. The number of rotatable bonds is 6. The Kier molecular flexibility index (Phi) is 5.38. The molecule has 0 amide bonds. The van der Waals surface area contributed by atoms with Crippen LogP contribution < -0.4 is 0 Å². The molecule has 86 valence electrons. The highest BCUT2D eigenvalue weighted by Gasteiger charge is 2.31. The normalized spacial score (nSPS) is 15.9. The van der Waals surface area contributed by atoms with E-state index in [-0.39, 0.29) is 0 Å². The molecule has 0 aromatic rings. The first-order valence-corrected chi connectivity index (χ1v) is 6.63. The molecular formula is C12H28OSi. The Bertz CT molecular complexity index is 164. The van der Waals surface area contributed by atoms with Gasteiger partial charge in [-0.3, -0.25) is 0 Å². The van der Waals surface area contributed by atoms with Crippen molar-refractivity contribution in [2.24, 2.45) is 10.8 Å². The highest BCUT2D eigenvalue weighted by atomic mass is 28.2. The maximum absolute atomic E-state index is 5.78.